The van der Waals surface area contributed by atoms with E-state index < -0.39 is 18.8 Å². The van der Waals surface area contributed by atoms with Crippen LogP contribution in [-0.4, -0.2) is 41.6 Å². The Balaban J connectivity index is 2.21. The smallest absolute Gasteiger partial charge is 0.423 e. The third-order valence-electron chi connectivity index (χ3n) is 3.11. The summed E-state index contributed by atoms with van der Waals surface area (Å²) in [7, 11) is -0.284. The maximum atomic E-state index is 13.9. The van der Waals surface area contributed by atoms with Gasteiger partial charge in [-0.25, -0.2) is 4.39 Å². The lowest BCUT2D eigenvalue weighted by atomic mass is 9.79. The molecule has 0 spiro atoms. The average Bonchev–Trinajstić information content (AvgIpc) is 3.12. The van der Waals surface area contributed by atoms with Crippen LogP contribution in [0.3, 0.4) is 0 Å². The fraction of sp³-hybridized carbons (Fsp3) is 0.417. The molecule has 0 unspecified atom stereocenters. The molecule has 96 valence electrons. The van der Waals surface area contributed by atoms with Crippen LogP contribution in [0.2, 0.25) is 0 Å². The van der Waals surface area contributed by atoms with Crippen LogP contribution in [0.1, 0.15) is 23.2 Å². The highest BCUT2D eigenvalue weighted by molar-refractivity contribution is 6.58. The first-order chi connectivity index (χ1) is 8.50. The van der Waals surface area contributed by atoms with E-state index in [0.717, 1.165) is 12.8 Å². The van der Waals surface area contributed by atoms with Gasteiger partial charge in [-0.2, -0.15) is 0 Å². The fourth-order valence-corrected chi connectivity index (χ4v) is 1.89. The third-order valence-corrected chi connectivity index (χ3v) is 3.11. The van der Waals surface area contributed by atoms with Gasteiger partial charge in [0.15, 0.2) is 0 Å². The van der Waals surface area contributed by atoms with Crippen LogP contribution in [0, 0.1) is 11.7 Å². The third kappa shape index (κ3) is 2.71. The van der Waals surface area contributed by atoms with Crippen molar-refractivity contribution in [3.63, 3.8) is 0 Å². The molecule has 1 amide bonds. The average molecular weight is 251 g/mol. The molecule has 0 saturated heterocycles. The normalized spacial score (nSPS) is 14.4. The molecule has 1 aliphatic rings. The van der Waals surface area contributed by atoms with Crippen molar-refractivity contribution < 1.29 is 19.2 Å². The van der Waals surface area contributed by atoms with Gasteiger partial charge in [-0.3, -0.25) is 4.79 Å². The Morgan fingerprint density at radius 1 is 1.50 bits per heavy atom. The van der Waals surface area contributed by atoms with E-state index in [2.05, 4.69) is 0 Å². The molecule has 1 fully saturated rings. The highest BCUT2D eigenvalue weighted by Crippen LogP contribution is 2.29. The predicted octanol–water partition coefficient (Wildman–Crippen LogP) is -0.0125. The van der Waals surface area contributed by atoms with Crippen molar-refractivity contribution in [1.82, 2.24) is 4.90 Å². The number of amides is 1. The number of rotatable bonds is 4. The molecule has 0 atom stereocenters. The number of nitrogens with zero attached hydrogens (tertiary/aromatic N) is 1. The summed E-state index contributed by atoms with van der Waals surface area (Å²) >= 11 is 0. The lowest BCUT2D eigenvalue weighted by molar-refractivity contribution is 0.0784. The number of hydrogen-bond donors (Lipinski definition) is 2. The van der Waals surface area contributed by atoms with E-state index in [9.17, 15) is 9.18 Å². The van der Waals surface area contributed by atoms with Crippen LogP contribution in [0.5, 0.6) is 0 Å². The van der Waals surface area contributed by atoms with E-state index in [1.807, 2.05) is 0 Å². The van der Waals surface area contributed by atoms with Crippen molar-refractivity contribution in [2.45, 2.75) is 12.8 Å². The molecule has 6 heteroatoms. The molecule has 1 saturated carbocycles. The second-order valence-electron chi connectivity index (χ2n) is 4.71. The molecule has 18 heavy (non-hydrogen) atoms. The summed E-state index contributed by atoms with van der Waals surface area (Å²) in [6, 6.07) is 4.04. The minimum Gasteiger partial charge on any atom is -0.423 e. The lowest BCUT2D eigenvalue weighted by Crippen LogP contribution is -2.36. The van der Waals surface area contributed by atoms with Crippen LogP contribution in [-0.2, 0) is 0 Å². The van der Waals surface area contributed by atoms with Gasteiger partial charge in [-0.05, 0) is 24.8 Å². The summed E-state index contributed by atoms with van der Waals surface area (Å²) in [4.78, 5) is 13.5. The number of carbonyl (C=O) groups excluding carboxylic acids is 1. The first kappa shape index (κ1) is 13.0. The molecule has 1 aliphatic carbocycles. The second-order valence-corrected chi connectivity index (χ2v) is 4.71. The van der Waals surface area contributed by atoms with Crippen LogP contribution in [0.15, 0.2) is 18.2 Å². The monoisotopic (exact) mass is 251 g/mol. The van der Waals surface area contributed by atoms with E-state index >= 15 is 0 Å². The van der Waals surface area contributed by atoms with Gasteiger partial charge in [-0.1, -0.05) is 12.1 Å². The van der Waals surface area contributed by atoms with Crippen LogP contribution in [0.4, 0.5) is 4.39 Å². The number of halogens is 1. The topological polar surface area (TPSA) is 60.8 Å². The van der Waals surface area contributed by atoms with Crippen molar-refractivity contribution in [1.29, 1.82) is 0 Å². The molecule has 0 radical (unpaired) electrons. The molecule has 0 aromatic heterocycles. The number of hydrogen-bond acceptors (Lipinski definition) is 3. The minimum absolute atomic E-state index is 0.122. The zero-order valence-corrected chi connectivity index (χ0v) is 10.1. The molecule has 4 nitrogen and oxygen atoms in total. The van der Waals surface area contributed by atoms with Gasteiger partial charge in [0, 0.05) is 19.1 Å². The maximum absolute atomic E-state index is 13.9. The minimum atomic E-state index is -1.91. The highest BCUT2D eigenvalue weighted by Gasteiger charge is 2.27. The first-order valence-electron chi connectivity index (χ1n) is 5.90. The molecule has 1 aromatic rings. The van der Waals surface area contributed by atoms with Gasteiger partial charge >= 0.3 is 7.12 Å². The molecule has 2 rings (SSSR count). The molecule has 0 heterocycles. The van der Waals surface area contributed by atoms with Gasteiger partial charge in [0.25, 0.3) is 5.91 Å². The van der Waals surface area contributed by atoms with Crippen molar-refractivity contribution in [3.8, 4) is 0 Å². The summed E-state index contributed by atoms with van der Waals surface area (Å²) < 4.78 is 13.9. The van der Waals surface area contributed by atoms with E-state index in [1.165, 1.54) is 23.1 Å². The lowest BCUT2D eigenvalue weighted by Gasteiger charge is -2.17. The van der Waals surface area contributed by atoms with Crippen molar-refractivity contribution in [3.05, 3.63) is 29.6 Å². The standard InChI is InChI=1S/C12H15BFNO3/c1-15(7-8-5-6-8)12(16)9-3-2-4-10(11(9)14)13(17)18/h2-4,8,17-18H,5-7H2,1H3. The number of carbonyl (C=O) groups is 1. The summed E-state index contributed by atoms with van der Waals surface area (Å²) in [6.45, 7) is 0.615. The number of benzene rings is 1. The SMILES string of the molecule is CN(CC1CC1)C(=O)c1cccc(B(O)O)c1F. The van der Waals surface area contributed by atoms with Gasteiger partial charge in [0.2, 0.25) is 0 Å². The Kier molecular flexibility index (Phi) is 3.68. The van der Waals surface area contributed by atoms with E-state index in [1.54, 1.807) is 7.05 Å². The van der Waals surface area contributed by atoms with Crippen LogP contribution in [0.25, 0.3) is 0 Å². The van der Waals surface area contributed by atoms with Crippen LogP contribution >= 0.6 is 0 Å². The van der Waals surface area contributed by atoms with E-state index in [0.29, 0.717) is 12.5 Å². The fourth-order valence-electron chi connectivity index (χ4n) is 1.89. The van der Waals surface area contributed by atoms with Crippen molar-refractivity contribution >= 4 is 18.5 Å². The molecule has 0 aliphatic heterocycles. The highest BCUT2D eigenvalue weighted by atomic mass is 19.1. The molecule has 1 aromatic carbocycles. The predicted molar refractivity (Wildman–Crippen MR) is 65.9 cm³/mol. The second kappa shape index (κ2) is 5.08. The van der Waals surface area contributed by atoms with Gasteiger partial charge in [-0.15, -0.1) is 0 Å². The maximum Gasteiger partial charge on any atom is 0.491 e. The Hall–Kier alpha value is -1.40. The van der Waals surface area contributed by atoms with Gasteiger partial charge in [0.1, 0.15) is 5.82 Å². The van der Waals surface area contributed by atoms with E-state index in [-0.39, 0.29) is 11.0 Å². The Labute approximate surface area is 105 Å². The van der Waals surface area contributed by atoms with Gasteiger partial charge in [0.05, 0.1) is 5.56 Å². The summed E-state index contributed by atoms with van der Waals surface area (Å²) in [5, 5.41) is 18.0. The molecule has 0 bridgehead atoms. The largest absolute Gasteiger partial charge is 0.491 e. The Bertz CT molecular complexity index is 463. The van der Waals surface area contributed by atoms with Crippen molar-refractivity contribution in [2.24, 2.45) is 5.92 Å². The quantitative estimate of drug-likeness (QED) is 0.740. The van der Waals surface area contributed by atoms with Crippen molar-refractivity contribution in [2.75, 3.05) is 13.6 Å². The zero-order chi connectivity index (χ0) is 13.3. The Morgan fingerprint density at radius 2 is 2.17 bits per heavy atom. The Morgan fingerprint density at radius 3 is 2.72 bits per heavy atom. The summed E-state index contributed by atoms with van der Waals surface area (Å²) in [5.74, 6) is -0.768. The molecule has 2 N–H and O–H groups in total. The molecular weight excluding hydrogens is 236 g/mol. The van der Waals surface area contributed by atoms with E-state index in [4.69, 9.17) is 10.0 Å². The summed E-state index contributed by atoms with van der Waals surface area (Å²) in [5.41, 5.74) is -0.399. The first-order valence-corrected chi connectivity index (χ1v) is 5.90. The van der Waals surface area contributed by atoms with Gasteiger partial charge < -0.3 is 14.9 Å². The van der Waals surface area contributed by atoms with Crippen LogP contribution < -0.4 is 5.46 Å². The zero-order valence-electron chi connectivity index (χ0n) is 10.1. The molecular formula is C12H15BFNO3. The summed E-state index contributed by atoms with van der Waals surface area (Å²) in [6.07, 6.45) is 2.21.